The van der Waals surface area contributed by atoms with Gasteiger partial charge in [0.05, 0.1) is 25.5 Å². The van der Waals surface area contributed by atoms with Crippen LogP contribution in [-0.4, -0.2) is 69.8 Å². The Balaban J connectivity index is 1.23. The van der Waals surface area contributed by atoms with Crippen LogP contribution in [0.3, 0.4) is 0 Å². The maximum Gasteiger partial charge on any atom is 0.229 e. The molecule has 1 N–H and O–H groups in total. The van der Waals surface area contributed by atoms with Crippen LogP contribution in [0.4, 0.5) is 17.6 Å². The molecule has 2 aliphatic rings. The van der Waals surface area contributed by atoms with Crippen LogP contribution in [-0.2, 0) is 0 Å². The number of benzene rings is 2. The first-order valence-corrected chi connectivity index (χ1v) is 14.0. The van der Waals surface area contributed by atoms with Gasteiger partial charge in [-0.25, -0.2) is 0 Å². The summed E-state index contributed by atoms with van der Waals surface area (Å²) in [5.41, 5.74) is 3.83. The zero-order valence-corrected chi connectivity index (χ0v) is 23.7. The first-order valence-electron chi connectivity index (χ1n) is 13.6. The molecule has 0 radical (unpaired) electrons. The van der Waals surface area contributed by atoms with E-state index < -0.39 is 0 Å². The van der Waals surface area contributed by atoms with Gasteiger partial charge in [-0.15, -0.1) is 0 Å². The summed E-state index contributed by atoms with van der Waals surface area (Å²) in [6.07, 6.45) is 6.36. The van der Waals surface area contributed by atoms with E-state index in [1.807, 2.05) is 36.4 Å². The van der Waals surface area contributed by atoms with Gasteiger partial charge in [0.25, 0.3) is 0 Å². The molecule has 2 saturated heterocycles. The van der Waals surface area contributed by atoms with Crippen molar-refractivity contribution in [3.8, 4) is 23.0 Å². The highest BCUT2D eigenvalue weighted by Crippen LogP contribution is 2.36. The second kappa shape index (κ2) is 13.4. The van der Waals surface area contributed by atoms with E-state index in [9.17, 15) is 0 Å². The lowest BCUT2D eigenvalue weighted by Gasteiger charge is -2.21. The second-order valence-electron chi connectivity index (χ2n) is 9.55. The summed E-state index contributed by atoms with van der Waals surface area (Å²) in [5.74, 6) is 4.60. The lowest BCUT2D eigenvalue weighted by Crippen LogP contribution is -2.24. The molecule has 0 atom stereocenters. The van der Waals surface area contributed by atoms with Gasteiger partial charge in [-0.05, 0) is 55.5 Å². The number of aromatic nitrogens is 2. The number of hydrazone groups is 1. The molecule has 0 aliphatic carbocycles. The SMILES string of the molecule is COc1ccccc1OCCOc1c(Cl)cc(/C=N/Nc2cc(N3CCCC3)nc(N3CCCC3)n2)cc1OC. The van der Waals surface area contributed by atoms with Crippen molar-refractivity contribution in [2.45, 2.75) is 25.7 Å². The quantitative estimate of drug-likeness (QED) is 0.179. The highest BCUT2D eigenvalue weighted by molar-refractivity contribution is 6.32. The summed E-state index contributed by atoms with van der Waals surface area (Å²) in [6, 6.07) is 13.0. The number of halogens is 1. The first-order chi connectivity index (χ1) is 19.6. The summed E-state index contributed by atoms with van der Waals surface area (Å²) in [6.45, 7) is 4.56. The van der Waals surface area contributed by atoms with Crippen LogP contribution in [0.2, 0.25) is 5.02 Å². The summed E-state index contributed by atoms with van der Waals surface area (Å²) >= 11 is 6.56. The molecule has 2 aliphatic heterocycles. The molecular formula is C29H35ClN6O4. The second-order valence-corrected chi connectivity index (χ2v) is 9.96. The van der Waals surface area contributed by atoms with E-state index in [1.54, 1.807) is 26.5 Å². The van der Waals surface area contributed by atoms with Crippen LogP contribution in [0.15, 0.2) is 47.6 Å². The Kier molecular flexibility index (Phi) is 9.28. The molecule has 10 nitrogen and oxygen atoms in total. The molecule has 2 fully saturated rings. The Morgan fingerprint density at radius 1 is 0.850 bits per heavy atom. The predicted octanol–water partition coefficient (Wildman–Crippen LogP) is 5.25. The van der Waals surface area contributed by atoms with Crippen molar-refractivity contribution >= 4 is 35.4 Å². The molecule has 2 aromatic carbocycles. The molecule has 3 heterocycles. The topological polar surface area (TPSA) is 93.6 Å². The van der Waals surface area contributed by atoms with Gasteiger partial charge in [0, 0.05) is 32.2 Å². The summed E-state index contributed by atoms with van der Waals surface area (Å²) in [7, 11) is 3.18. The normalized spacial score (nSPS) is 15.1. The van der Waals surface area contributed by atoms with Crippen LogP contribution in [0.1, 0.15) is 31.2 Å². The molecule has 0 bridgehead atoms. The summed E-state index contributed by atoms with van der Waals surface area (Å²) in [4.78, 5) is 14.1. The van der Waals surface area contributed by atoms with Crippen molar-refractivity contribution in [3.63, 3.8) is 0 Å². The highest BCUT2D eigenvalue weighted by atomic mass is 35.5. The average Bonchev–Trinajstić information content (AvgIpc) is 3.71. The van der Waals surface area contributed by atoms with Gasteiger partial charge in [-0.3, -0.25) is 5.43 Å². The molecule has 5 rings (SSSR count). The number of methoxy groups -OCH3 is 2. The summed E-state index contributed by atoms with van der Waals surface area (Å²) < 4.78 is 22.5. The van der Waals surface area contributed by atoms with Gasteiger partial charge in [-0.2, -0.15) is 15.1 Å². The number of nitrogens with zero attached hydrogens (tertiary/aromatic N) is 5. The smallest absolute Gasteiger partial charge is 0.229 e. The Morgan fingerprint density at radius 3 is 2.25 bits per heavy atom. The molecule has 0 saturated carbocycles. The lowest BCUT2D eigenvalue weighted by molar-refractivity contribution is 0.206. The van der Waals surface area contributed by atoms with E-state index in [0.29, 0.717) is 40.4 Å². The summed E-state index contributed by atoms with van der Waals surface area (Å²) in [5, 5.41) is 4.84. The van der Waals surface area contributed by atoms with Crippen molar-refractivity contribution < 1.29 is 18.9 Å². The van der Waals surface area contributed by atoms with Crippen LogP contribution < -0.4 is 34.2 Å². The van der Waals surface area contributed by atoms with Crippen molar-refractivity contribution in [3.05, 3.63) is 53.1 Å². The van der Waals surface area contributed by atoms with Crippen molar-refractivity contribution in [2.75, 3.05) is 68.8 Å². The van der Waals surface area contributed by atoms with Crippen molar-refractivity contribution in [2.24, 2.45) is 5.10 Å². The zero-order chi connectivity index (χ0) is 27.7. The predicted molar refractivity (Wildman–Crippen MR) is 158 cm³/mol. The third kappa shape index (κ3) is 6.80. The van der Waals surface area contributed by atoms with Gasteiger partial charge in [0.2, 0.25) is 5.95 Å². The van der Waals surface area contributed by atoms with E-state index in [-0.39, 0.29) is 6.61 Å². The van der Waals surface area contributed by atoms with Gasteiger partial charge in [0.1, 0.15) is 19.0 Å². The minimum Gasteiger partial charge on any atom is -0.493 e. The van der Waals surface area contributed by atoms with Crippen molar-refractivity contribution in [1.82, 2.24) is 9.97 Å². The number of rotatable bonds is 12. The maximum atomic E-state index is 6.56. The fourth-order valence-corrected chi connectivity index (χ4v) is 5.08. The monoisotopic (exact) mass is 566 g/mol. The fourth-order valence-electron chi connectivity index (χ4n) is 4.81. The largest absolute Gasteiger partial charge is 0.493 e. The minimum absolute atomic E-state index is 0.273. The van der Waals surface area contributed by atoms with E-state index in [4.69, 9.17) is 40.5 Å². The molecular weight excluding hydrogens is 532 g/mol. The minimum atomic E-state index is 0.273. The Hall–Kier alpha value is -3.92. The van der Waals surface area contributed by atoms with E-state index >= 15 is 0 Å². The van der Waals surface area contributed by atoms with E-state index in [1.165, 1.54) is 12.8 Å². The number of nitrogens with one attached hydrogen (secondary N) is 1. The molecule has 0 unspecified atom stereocenters. The molecule has 11 heteroatoms. The number of hydrogen-bond acceptors (Lipinski definition) is 10. The molecule has 0 amide bonds. The molecule has 3 aromatic rings. The van der Waals surface area contributed by atoms with Crippen LogP contribution >= 0.6 is 11.6 Å². The Morgan fingerprint density at radius 2 is 1.52 bits per heavy atom. The zero-order valence-electron chi connectivity index (χ0n) is 22.9. The number of ether oxygens (including phenoxy) is 4. The average molecular weight is 567 g/mol. The van der Waals surface area contributed by atoms with Gasteiger partial charge in [-0.1, -0.05) is 23.7 Å². The molecule has 212 valence electrons. The lowest BCUT2D eigenvalue weighted by atomic mass is 10.2. The maximum absolute atomic E-state index is 6.56. The van der Waals surface area contributed by atoms with Crippen molar-refractivity contribution in [1.29, 1.82) is 0 Å². The number of anilines is 3. The fraction of sp³-hybridized carbons (Fsp3) is 0.414. The molecule has 1 aromatic heterocycles. The number of para-hydroxylation sites is 2. The first kappa shape index (κ1) is 27.6. The third-order valence-electron chi connectivity index (χ3n) is 6.82. The molecule has 0 spiro atoms. The standard InChI is InChI=1S/C29H35ClN6O4/c1-37-23-9-3-4-10-24(23)39-15-16-40-28-22(30)17-21(18-25(28)38-2)20-31-34-26-19-27(35-11-5-6-12-35)33-29(32-26)36-13-7-8-14-36/h3-4,9-10,17-20H,5-8,11-16H2,1-2H3,(H,32,33,34)/b31-20+. The highest BCUT2D eigenvalue weighted by Gasteiger charge is 2.20. The van der Waals surface area contributed by atoms with E-state index in [0.717, 1.165) is 56.4 Å². The Bertz CT molecular complexity index is 1280. The van der Waals surface area contributed by atoms with Crippen LogP contribution in [0.5, 0.6) is 23.0 Å². The van der Waals surface area contributed by atoms with Gasteiger partial charge in [0.15, 0.2) is 28.8 Å². The van der Waals surface area contributed by atoms with Crippen LogP contribution in [0.25, 0.3) is 0 Å². The van der Waals surface area contributed by atoms with Crippen LogP contribution in [0, 0.1) is 0 Å². The third-order valence-corrected chi connectivity index (χ3v) is 7.10. The van der Waals surface area contributed by atoms with E-state index in [2.05, 4.69) is 20.3 Å². The molecule has 40 heavy (non-hydrogen) atoms. The number of hydrogen-bond donors (Lipinski definition) is 1. The van der Waals surface area contributed by atoms with Gasteiger partial charge < -0.3 is 28.7 Å². The van der Waals surface area contributed by atoms with Gasteiger partial charge >= 0.3 is 0 Å². The Labute approximate surface area is 239 Å².